The quantitative estimate of drug-likeness (QED) is 0.217. The third-order valence-electron chi connectivity index (χ3n) is 11.8. The van der Waals surface area contributed by atoms with Crippen molar-refractivity contribution in [3.05, 3.63) is 47.1 Å². The van der Waals surface area contributed by atoms with Gasteiger partial charge in [0.15, 0.2) is 11.5 Å². The smallest absolute Gasteiger partial charge is 0.336 e. The Bertz CT molecular complexity index is 1310. The number of methoxy groups -OCH3 is 1. The van der Waals surface area contributed by atoms with E-state index in [-0.39, 0.29) is 28.4 Å². The minimum absolute atomic E-state index is 0.0499. The first-order valence-electron chi connectivity index (χ1n) is 14.8. The molecule has 39 heavy (non-hydrogen) atoms. The number of nitrogens with zero attached hydrogens (tertiary/aromatic N) is 1. The standard InChI is InChI=1S/C33H43NO5/c1-8-32(37-7)27(29(4,5)36)33-18-31-25-21(16-23(30(31,33)6)34(33)17-20-12-13-20)14-15-22(26(25)39-28(31)32)38-24(35)11-9-10-19(2)3/h9-11,14-15,20,23,27-28,36H,8,12-13,16-18H2,1-7H3/b11-9+/t23-,27-,28-,30+,31+,32?,33?/m1/s1. The molecule has 2 heterocycles. The Morgan fingerprint density at radius 3 is 2.64 bits per heavy atom. The van der Waals surface area contributed by atoms with Gasteiger partial charge in [-0.2, -0.15) is 0 Å². The average Bonchev–Trinajstić information content (AvgIpc) is 3.62. The second kappa shape index (κ2) is 7.77. The SMILES string of the molecule is CCC1(OC)[C@@H](C(C)(C)O)C23C[C@]45c6c(ccc(OC(=O)/C=C/C=C(C)C)c6O[C@@H]14)C[C@@H](N2CC1CC1)[C@]35C. The molecule has 6 heteroatoms. The third-order valence-corrected chi connectivity index (χ3v) is 11.8. The van der Waals surface area contributed by atoms with Crippen molar-refractivity contribution in [1.82, 2.24) is 4.90 Å². The van der Waals surface area contributed by atoms with Gasteiger partial charge in [-0.3, -0.25) is 4.90 Å². The maximum Gasteiger partial charge on any atom is 0.336 e. The number of benzene rings is 1. The molecule has 0 amide bonds. The number of rotatable bonds is 8. The number of likely N-dealkylation sites (tertiary alicyclic amines) is 1. The summed E-state index contributed by atoms with van der Waals surface area (Å²) < 4.78 is 19.5. The van der Waals surface area contributed by atoms with Gasteiger partial charge in [0.25, 0.3) is 0 Å². The Morgan fingerprint density at radius 1 is 1.28 bits per heavy atom. The van der Waals surface area contributed by atoms with Gasteiger partial charge < -0.3 is 19.3 Å². The Kier molecular flexibility index (Phi) is 5.14. The summed E-state index contributed by atoms with van der Waals surface area (Å²) in [4.78, 5) is 15.6. The van der Waals surface area contributed by atoms with Crippen molar-refractivity contribution in [2.75, 3.05) is 13.7 Å². The van der Waals surface area contributed by atoms with Crippen LogP contribution in [-0.2, 0) is 21.4 Å². The molecule has 7 atom stereocenters. The van der Waals surface area contributed by atoms with Gasteiger partial charge in [0.05, 0.1) is 5.60 Å². The number of fused-ring (bicyclic) bond motifs is 1. The first-order chi connectivity index (χ1) is 18.4. The molecule has 6 nitrogen and oxygen atoms in total. The molecule has 210 valence electrons. The lowest BCUT2D eigenvalue weighted by Crippen LogP contribution is -3.03. The van der Waals surface area contributed by atoms with Gasteiger partial charge >= 0.3 is 5.97 Å². The minimum atomic E-state index is -0.961. The molecule has 0 aromatic heterocycles. The summed E-state index contributed by atoms with van der Waals surface area (Å²) in [7, 11) is 1.80. The van der Waals surface area contributed by atoms with Crippen LogP contribution in [0.4, 0.5) is 0 Å². The molecule has 1 aromatic carbocycles. The first-order valence-corrected chi connectivity index (χ1v) is 14.8. The normalized spacial score (nSPS) is 40.9. The Hall–Kier alpha value is -2.15. The molecule has 1 aromatic rings. The van der Waals surface area contributed by atoms with Crippen LogP contribution >= 0.6 is 0 Å². The predicted octanol–water partition coefficient (Wildman–Crippen LogP) is 5.11. The molecule has 1 saturated heterocycles. The van der Waals surface area contributed by atoms with Crippen molar-refractivity contribution in [3.8, 4) is 11.5 Å². The third kappa shape index (κ3) is 2.77. The highest BCUT2D eigenvalue weighted by Gasteiger charge is 2.97. The fourth-order valence-corrected chi connectivity index (χ4v) is 10.5. The van der Waals surface area contributed by atoms with Gasteiger partial charge in [0.2, 0.25) is 0 Å². The van der Waals surface area contributed by atoms with Crippen LogP contribution in [0.2, 0.25) is 0 Å². The number of carbonyl (C=O) groups excluding carboxylic acids is 1. The largest absolute Gasteiger partial charge is 0.482 e. The van der Waals surface area contributed by atoms with Crippen LogP contribution in [-0.4, -0.2) is 58.5 Å². The summed E-state index contributed by atoms with van der Waals surface area (Å²) in [6.07, 6.45) is 10.1. The van der Waals surface area contributed by atoms with E-state index in [0.29, 0.717) is 17.5 Å². The number of hydrogen-bond acceptors (Lipinski definition) is 6. The number of ether oxygens (including phenoxy) is 3. The average molecular weight is 534 g/mol. The Labute approximate surface area is 232 Å². The summed E-state index contributed by atoms with van der Waals surface area (Å²) in [5.74, 6) is 1.43. The van der Waals surface area contributed by atoms with E-state index in [0.717, 1.165) is 37.3 Å². The number of esters is 1. The molecule has 5 aliphatic carbocycles. The van der Waals surface area contributed by atoms with Crippen molar-refractivity contribution >= 4 is 5.97 Å². The summed E-state index contributed by atoms with van der Waals surface area (Å²) in [6.45, 7) is 13.7. The van der Waals surface area contributed by atoms with Crippen molar-refractivity contribution in [2.45, 2.75) is 108 Å². The van der Waals surface area contributed by atoms with E-state index in [1.165, 1.54) is 30.0 Å². The molecule has 4 saturated carbocycles. The highest BCUT2D eigenvalue weighted by molar-refractivity contribution is 5.85. The molecule has 2 aliphatic heterocycles. The molecule has 2 spiro atoms. The second-order valence-corrected chi connectivity index (χ2v) is 14.1. The van der Waals surface area contributed by atoms with Crippen molar-refractivity contribution in [3.63, 3.8) is 0 Å². The molecule has 8 rings (SSSR count). The minimum Gasteiger partial charge on any atom is -0.482 e. The van der Waals surface area contributed by atoms with Crippen LogP contribution in [0.15, 0.2) is 35.9 Å². The molecule has 1 N–H and O–H groups in total. The monoisotopic (exact) mass is 533 g/mol. The molecule has 7 aliphatic rings. The van der Waals surface area contributed by atoms with Gasteiger partial charge in [0.1, 0.15) is 11.7 Å². The Balaban J connectivity index is 1.39. The van der Waals surface area contributed by atoms with Crippen LogP contribution in [0.25, 0.3) is 0 Å². The van der Waals surface area contributed by atoms with Gasteiger partial charge in [-0.05, 0) is 77.3 Å². The van der Waals surface area contributed by atoms with Crippen LogP contribution in [0.5, 0.6) is 11.5 Å². The van der Waals surface area contributed by atoms with Crippen LogP contribution in [0, 0.1) is 17.3 Å². The van der Waals surface area contributed by atoms with E-state index in [1.807, 2.05) is 39.8 Å². The maximum atomic E-state index is 12.8. The van der Waals surface area contributed by atoms with E-state index in [1.54, 1.807) is 13.2 Å². The van der Waals surface area contributed by atoms with E-state index >= 15 is 0 Å². The van der Waals surface area contributed by atoms with E-state index in [9.17, 15) is 9.90 Å². The van der Waals surface area contributed by atoms with Crippen molar-refractivity contribution in [1.29, 1.82) is 0 Å². The molecular weight excluding hydrogens is 490 g/mol. The molecule has 2 bridgehead atoms. The zero-order chi connectivity index (χ0) is 27.8. The van der Waals surface area contributed by atoms with Gasteiger partial charge in [0, 0.05) is 53.6 Å². The number of carbonyl (C=O) groups is 1. The summed E-state index contributed by atoms with van der Waals surface area (Å²) in [5.41, 5.74) is 1.59. The highest BCUT2D eigenvalue weighted by Crippen LogP contribution is 2.88. The molecule has 2 unspecified atom stereocenters. The highest BCUT2D eigenvalue weighted by atomic mass is 16.6. The molecular formula is C33H43NO5. The zero-order valence-electron chi connectivity index (χ0n) is 24.5. The summed E-state index contributed by atoms with van der Waals surface area (Å²) in [6, 6.07) is 4.49. The van der Waals surface area contributed by atoms with Gasteiger partial charge in [-0.15, -0.1) is 0 Å². The van der Waals surface area contributed by atoms with E-state index in [4.69, 9.17) is 14.2 Å². The number of aliphatic hydroxyl groups is 1. The van der Waals surface area contributed by atoms with E-state index in [2.05, 4.69) is 24.8 Å². The summed E-state index contributed by atoms with van der Waals surface area (Å²) in [5, 5.41) is 11.9. The van der Waals surface area contributed by atoms with Crippen LogP contribution in [0.3, 0.4) is 0 Å². The predicted molar refractivity (Wildman–Crippen MR) is 149 cm³/mol. The van der Waals surface area contributed by atoms with Crippen molar-refractivity contribution < 1.29 is 24.1 Å². The lowest BCUT2D eigenvalue weighted by atomic mass is 9.19. The van der Waals surface area contributed by atoms with Crippen LogP contribution in [0.1, 0.15) is 78.4 Å². The number of piperidine rings is 1. The number of allylic oxidation sites excluding steroid dienone is 3. The first kappa shape index (κ1) is 25.8. The van der Waals surface area contributed by atoms with Gasteiger partial charge in [-0.1, -0.05) is 37.6 Å². The molecule has 5 fully saturated rings. The Morgan fingerprint density at radius 2 is 2.03 bits per heavy atom. The lowest BCUT2D eigenvalue weighted by molar-refractivity contribution is -0.438. The number of hydrogen-bond donors (Lipinski definition) is 1. The fourth-order valence-electron chi connectivity index (χ4n) is 10.5. The zero-order valence-corrected chi connectivity index (χ0v) is 24.5. The fraction of sp³-hybridized carbons (Fsp3) is 0.667. The van der Waals surface area contributed by atoms with Gasteiger partial charge in [-0.25, -0.2) is 4.79 Å². The maximum absolute atomic E-state index is 12.8. The molecule has 0 radical (unpaired) electrons. The van der Waals surface area contributed by atoms with Crippen LogP contribution < -0.4 is 9.47 Å². The second-order valence-electron chi connectivity index (χ2n) is 14.1. The van der Waals surface area contributed by atoms with Crippen molar-refractivity contribution in [2.24, 2.45) is 17.3 Å². The summed E-state index contributed by atoms with van der Waals surface area (Å²) >= 11 is 0. The topological polar surface area (TPSA) is 68.2 Å². The van der Waals surface area contributed by atoms with E-state index < -0.39 is 17.2 Å². The lowest BCUT2D eigenvalue weighted by Gasteiger charge is -2.93.